The first-order valence-corrected chi connectivity index (χ1v) is 7.03. The smallest absolute Gasteiger partial charge is 0.120 e. The van der Waals surface area contributed by atoms with E-state index in [-0.39, 0.29) is 0 Å². The molecule has 0 saturated carbocycles. The van der Waals surface area contributed by atoms with E-state index in [4.69, 9.17) is 4.42 Å². The topological polar surface area (TPSA) is 28.4 Å². The number of nitrogens with one attached hydrogen (secondary N) is 1. The number of likely N-dealkylation sites (tertiary alicyclic amines) is 1. The van der Waals surface area contributed by atoms with Crippen molar-refractivity contribution < 1.29 is 4.42 Å². The molecule has 1 fully saturated rings. The van der Waals surface area contributed by atoms with Crippen molar-refractivity contribution in [1.82, 2.24) is 10.2 Å². The summed E-state index contributed by atoms with van der Waals surface area (Å²) >= 11 is 0. The van der Waals surface area contributed by atoms with E-state index in [9.17, 15) is 0 Å². The average Bonchev–Trinajstić information content (AvgIpc) is 2.58. The first-order valence-electron chi connectivity index (χ1n) is 7.03. The summed E-state index contributed by atoms with van der Waals surface area (Å²) in [7, 11) is 1.95. The summed E-state index contributed by atoms with van der Waals surface area (Å²) in [6, 6.07) is 2.19. The largest absolute Gasteiger partial charge is 0.463 e. The number of rotatable bonds is 4. The standard InChI is InChI=1S/C15H26N2O/c1-11-5-12(2)9-17(8-11)10-14-6-13(3)15(18-14)7-16-4/h6,11-12,16H,5,7-10H2,1-4H3. The molecule has 1 aromatic heterocycles. The van der Waals surface area contributed by atoms with Gasteiger partial charge < -0.3 is 9.73 Å². The van der Waals surface area contributed by atoms with Crippen LogP contribution in [0.1, 0.15) is 37.4 Å². The molecule has 2 rings (SSSR count). The molecule has 0 amide bonds. The molecule has 0 radical (unpaired) electrons. The predicted molar refractivity (Wildman–Crippen MR) is 74.4 cm³/mol. The molecular weight excluding hydrogens is 224 g/mol. The second kappa shape index (κ2) is 5.89. The van der Waals surface area contributed by atoms with Crippen molar-refractivity contribution in [3.63, 3.8) is 0 Å². The van der Waals surface area contributed by atoms with Gasteiger partial charge in [-0.15, -0.1) is 0 Å². The van der Waals surface area contributed by atoms with Gasteiger partial charge in [-0.2, -0.15) is 0 Å². The van der Waals surface area contributed by atoms with E-state index < -0.39 is 0 Å². The minimum Gasteiger partial charge on any atom is -0.463 e. The average molecular weight is 250 g/mol. The fraction of sp³-hybridized carbons (Fsp3) is 0.733. The molecule has 18 heavy (non-hydrogen) atoms. The predicted octanol–water partition coefficient (Wildman–Crippen LogP) is 2.79. The van der Waals surface area contributed by atoms with E-state index in [0.717, 1.165) is 36.4 Å². The van der Waals surface area contributed by atoms with Gasteiger partial charge in [-0.05, 0) is 43.9 Å². The molecule has 1 aromatic rings. The van der Waals surface area contributed by atoms with E-state index in [1.165, 1.54) is 25.1 Å². The van der Waals surface area contributed by atoms with Crippen molar-refractivity contribution >= 4 is 0 Å². The normalized spacial score (nSPS) is 25.6. The highest BCUT2D eigenvalue weighted by molar-refractivity contribution is 5.20. The van der Waals surface area contributed by atoms with Crippen LogP contribution in [0.5, 0.6) is 0 Å². The zero-order chi connectivity index (χ0) is 13.1. The molecule has 1 aliphatic heterocycles. The van der Waals surface area contributed by atoms with Gasteiger partial charge in [0, 0.05) is 13.1 Å². The van der Waals surface area contributed by atoms with Crippen LogP contribution in [0.4, 0.5) is 0 Å². The SMILES string of the molecule is CNCc1oc(CN2CC(C)CC(C)C2)cc1C. The van der Waals surface area contributed by atoms with Crippen LogP contribution in [0.15, 0.2) is 10.5 Å². The van der Waals surface area contributed by atoms with E-state index in [1.807, 2.05) is 7.05 Å². The third-order valence-electron chi connectivity index (χ3n) is 3.73. The maximum atomic E-state index is 5.92. The summed E-state index contributed by atoms with van der Waals surface area (Å²) in [5.74, 6) is 3.80. The fourth-order valence-corrected chi connectivity index (χ4v) is 3.15. The summed E-state index contributed by atoms with van der Waals surface area (Å²) in [6.45, 7) is 11.0. The third-order valence-corrected chi connectivity index (χ3v) is 3.73. The molecule has 102 valence electrons. The molecule has 0 bridgehead atoms. The fourth-order valence-electron chi connectivity index (χ4n) is 3.15. The van der Waals surface area contributed by atoms with Gasteiger partial charge in [-0.1, -0.05) is 13.8 Å². The first-order chi connectivity index (χ1) is 8.58. The number of aryl methyl sites for hydroxylation is 1. The molecule has 2 atom stereocenters. The Bertz CT molecular complexity index is 376. The van der Waals surface area contributed by atoms with Crippen LogP contribution in [0.2, 0.25) is 0 Å². The van der Waals surface area contributed by atoms with E-state index in [2.05, 4.69) is 37.1 Å². The number of nitrogens with zero attached hydrogens (tertiary/aromatic N) is 1. The van der Waals surface area contributed by atoms with Crippen LogP contribution < -0.4 is 5.32 Å². The van der Waals surface area contributed by atoms with Crippen molar-refractivity contribution in [3.05, 3.63) is 23.2 Å². The molecular formula is C15H26N2O. The minimum atomic E-state index is 0.807. The molecule has 0 aromatic carbocycles. The van der Waals surface area contributed by atoms with Crippen molar-refractivity contribution in [2.24, 2.45) is 11.8 Å². The first kappa shape index (κ1) is 13.6. The Hall–Kier alpha value is -0.800. The molecule has 2 unspecified atom stereocenters. The summed E-state index contributed by atoms with van der Waals surface area (Å²) in [5, 5.41) is 3.15. The van der Waals surface area contributed by atoms with E-state index in [0.29, 0.717) is 0 Å². The van der Waals surface area contributed by atoms with Crippen molar-refractivity contribution in [1.29, 1.82) is 0 Å². The lowest BCUT2D eigenvalue weighted by Gasteiger charge is -2.34. The highest BCUT2D eigenvalue weighted by Gasteiger charge is 2.22. The van der Waals surface area contributed by atoms with Crippen LogP contribution in [0.3, 0.4) is 0 Å². The zero-order valence-electron chi connectivity index (χ0n) is 12.1. The molecule has 0 spiro atoms. The minimum absolute atomic E-state index is 0.807. The summed E-state index contributed by atoms with van der Waals surface area (Å²) < 4.78 is 5.92. The Labute approximate surface area is 111 Å². The van der Waals surface area contributed by atoms with Crippen LogP contribution in [0, 0.1) is 18.8 Å². The summed E-state index contributed by atoms with van der Waals surface area (Å²) in [4.78, 5) is 2.53. The molecule has 0 aliphatic carbocycles. The quantitative estimate of drug-likeness (QED) is 0.890. The Morgan fingerprint density at radius 3 is 2.61 bits per heavy atom. The Morgan fingerprint density at radius 2 is 2.00 bits per heavy atom. The van der Waals surface area contributed by atoms with Crippen LogP contribution in [0.25, 0.3) is 0 Å². The van der Waals surface area contributed by atoms with Crippen LogP contribution in [-0.4, -0.2) is 25.0 Å². The van der Waals surface area contributed by atoms with Gasteiger partial charge in [0.1, 0.15) is 11.5 Å². The zero-order valence-corrected chi connectivity index (χ0v) is 12.1. The lowest BCUT2D eigenvalue weighted by atomic mass is 9.92. The summed E-state index contributed by atoms with van der Waals surface area (Å²) in [6.07, 6.45) is 1.36. The van der Waals surface area contributed by atoms with Gasteiger partial charge >= 0.3 is 0 Å². The van der Waals surface area contributed by atoms with Crippen molar-refractivity contribution in [2.75, 3.05) is 20.1 Å². The number of hydrogen-bond donors (Lipinski definition) is 1. The van der Waals surface area contributed by atoms with Gasteiger partial charge in [-0.25, -0.2) is 0 Å². The monoisotopic (exact) mass is 250 g/mol. The van der Waals surface area contributed by atoms with E-state index in [1.54, 1.807) is 0 Å². The van der Waals surface area contributed by atoms with Crippen molar-refractivity contribution in [2.45, 2.75) is 40.3 Å². The number of hydrogen-bond acceptors (Lipinski definition) is 3. The molecule has 1 N–H and O–H groups in total. The maximum Gasteiger partial charge on any atom is 0.120 e. The number of furan rings is 1. The Balaban J connectivity index is 1.98. The molecule has 2 heterocycles. The molecule has 3 heteroatoms. The second-order valence-electron chi connectivity index (χ2n) is 5.99. The van der Waals surface area contributed by atoms with Crippen LogP contribution in [-0.2, 0) is 13.1 Å². The molecule has 3 nitrogen and oxygen atoms in total. The van der Waals surface area contributed by atoms with Gasteiger partial charge in [0.05, 0.1) is 13.1 Å². The van der Waals surface area contributed by atoms with E-state index >= 15 is 0 Å². The maximum absolute atomic E-state index is 5.92. The highest BCUT2D eigenvalue weighted by atomic mass is 16.3. The molecule has 1 aliphatic rings. The lowest BCUT2D eigenvalue weighted by Crippen LogP contribution is -2.37. The van der Waals surface area contributed by atoms with Gasteiger partial charge in [0.25, 0.3) is 0 Å². The van der Waals surface area contributed by atoms with Gasteiger partial charge in [-0.3, -0.25) is 4.90 Å². The van der Waals surface area contributed by atoms with Gasteiger partial charge in [0.2, 0.25) is 0 Å². The Kier molecular flexibility index (Phi) is 4.46. The van der Waals surface area contributed by atoms with Gasteiger partial charge in [0.15, 0.2) is 0 Å². The Morgan fingerprint density at radius 1 is 1.33 bits per heavy atom. The lowest BCUT2D eigenvalue weighted by molar-refractivity contribution is 0.125. The second-order valence-corrected chi connectivity index (χ2v) is 5.99. The van der Waals surface area contributed by atoms with Crippen LogP contribution >= 0.6 is 0 Å². The number of piperidine rings is 1. The highest BCUT2D eigenvalue weighted by Crippen LogP contribution is 2.23. The molecule has 1 saturated heterocycles. The third kappa shape index (κ3) is 3.36. The summed E-state index contributed by atoms with van der Waals surface area (Å²) in [5.41, 5.74) is 1.26. The van der Waals surface area contributed by atoms with Crippen molar-refractivity contribution in [3.8, 4) is 0 Å².